The van der Waals surface area contributed by atoms with E-state index in [9.17, 15) is 4.91 Å². The van der Waals surface area contributed by atoms with Crippen molar-refractivity contribution in [3.05, 3.63) is 4.91 Å². The van der Waals surface area contributed by atoms with Crippen LogP contribution in [0, 0.1) is 4.91 Å². The summed E-state index contributed by atoms with van der Waals surface area (Å²) in [5.41, 5.74) is 5.60. The van der Waals surface area contributed by atoms with E-state index in [1.807, 2.05) is 0 Å². The zero-order chi connectivity index (χ0) is 6.69. The topological polar surface area (TPSA) is 55.4 Å². The number of hydrogen-bond acceptors (Lipinski definition) is 3. The molecule has 0 saturated heterocycles. The molecule has 1 rings (SSSR count). The molecule has 0 aliphatic heterocycles. The first-order chi connectivity index (χ1) is 4.34. The standard InChI is InChI=1S/C6H12N2O/c7-5-3-1-2-4-6(5)8-9/h5-6H,1-4,7H2. The van der Waals surface area contributed by atoms with Crippen LogP contribution in [0.4, 0.5) is 0 Å². The van der Waals surface area contributed by atoms with Gasteiger partial charge in [-0.15, -0.1) is 0 Å². The molecule has 1 aliphatic rings. The molecule has 0 bridgehead atoms. The molecule has 52 valence electrons. The molecule has 2 unspecified atom stereocenters. The van der Waals surface area contributed by atoms with Crippen LogP contribution in [0.25, 0.3) is 0 Å². The molecule has 0 aromatic rings. The maximum absolute atomic E-state index is 10.0. The summed E-state index contributed by atoms with van der Waals surface area (Å²) in [5, 5.41) is 2.95. The van der Waals surface area contributed by atoms with Gasteiger partial charge in [-0.3, -0.25) is 0 Å². The van der Waals surface area contributed by atoms with Crippen LogP contribution in [0.2, 0.25) is 0 Å². The highest BCUT2D eigenvalue weighted by Gasteiger charge is 2.21. The summed E-state index contributed by atoms with van der Waals surface area (Å²) in [7, 11) is 0. The van der Waals surface area contributed by atoms with Gasteiger partial charge >= 0.3 is 0 Å². The van der Waals surface area contributed by atoms with Crippen LogP contribution in [-0.2, 0) is 0 Å². The van der Waals surface area contributed by atoms with Gasteiger partial charge in [0, 0.05) is 6.04 Å². The average molecular weight is 128 g/mol. The number of nitrogens with two attached hydrogens (primary N) is 1. The minimum absolute atomic E-state index is 0.0382. The van der Waals surface area contributed by atoms with Gasteiger partial charge in [-0.05, 0) is 12.8 Å². The zero-order valence-electron chi connectivity index (χ0n) is 5.42. The Morgan fingerprint density at radius 2 is 2.00 bits per heavy atom. The van der Waals surface area contributed by atoms with Crippen LogP contribution in [0.5, 0.6) is 0 Å². The summed E-state index contributed by atoms with van der Waals surface area (Å²) in [6, 6.07) is -0.0602. The van der Waals surface area contributed by atoms with Crippen molar-refractivity contribution < 1.29 is 0 Å². The Morgan fingerprint density at radius 1 is 1.33 bits per heavy atom. The van der Waals surface area contributed by atoms with Crippen molar-refractivity contribution in [1.29, 1.82) is 0 Å². The Kier molecular flexibility index (Phi) is 2.16. The molecule has 0 aromatic heterocycles. The summed E-state index contributed by atoms with van der Waals surface area (Å²) in [6.45, 7) is 0. The molecule has 2 N–H and O–H groups in total. The minimum atomic E-state index is -0.0984. The van der Waals surface area contributed by atoms with E-state index in [1.165, 1.54) is 0 Å². The van der Waals surface area contributed by atoms with Crippen LogP contribution in [-0.4, -0.2) is 12.1 Å². The second-order valence-electron chi connectivity index (χ2n) is 2.62. The van der Waals surface area contributed by atoms with E-state index in [-0.39, 0.29) is 12.1 Å². The number of hydrogen-bond donors (Lipinski definition) is 1. The van der Waals surface area contributed by atoms with Gasteiger partial charge in [0.15, 0.2) is 0 Å². The van der Waals surface area contributed by atoms with Crippen molar-refractivity contribution in [1.82, 2.24) is 0 Å². The lowest BCUT2D eigenvalue weighted by Crippen LogP contribution is -2.35. The van der Waals surface area contributed by atoms with Gasteiger partial charge < -0.3 is 5.73 Å². The molecule has 3 heteroatoms. The normalized spacial score (nSPS) is 36.1. The Hall–Kier alpha value is -0.440. The molecule has 1 aliphatic carbocycles. The molecule has 1 fully saturated rings. The molecule has 9 heavy (non-hydrogen) atoms. The molecule has 1 saturated carbocycles. The van der Waals surface area contributed by atoms with Gasteiger partial charge in [0.25, 0.3) is 0 Å². The third kappa shape index (κ3) is 1.48. The highest BCUT2D eigenvalue weighted by atomic mass is 16.3. The number of rotatable bonds is 1. The highest BCUT2D eigenvalue weighted by Crippen LogP contribution is 2.18. The molecule has 0 radical (unpaired) electrons. The van der Waals surface area contributed by atoms with Gasteiger partial charge in [0.1, 0.15) is 6.04 Å². The summed E-state index contributed by atoms with van der Waals surface area (Å²) in [6.07, 6.45) is 4.14. The van der Waals surface area contributed by atoms with Crippen molar-refractivity contribution in [3.8, 4) is 0 Å². The first kappa shape index (κ1) is 6.68. The molecule has 0 amide bonds. The van der Waals surface area contributed by atoms with Crippen molar-refractivity contribution >= 4 is 0 Å². The van der Waals surface area contributed by atoms with E-state index in [4.69, 9.17) is 5.73 Å². The van der Waals surface area contributed by atoms with E-state index in [1.54, 1.807) is 0 Å². The van der Waals surface area contributed by atoms with Crippen LogP contribution in [0.1, 0.15) is 25.7 Å². The fraction of sp³-hybridized carbons (Fsp3) is 1.00. The Morgan fingerprint density at radius 3 is 2.44 bits per heavy atom. The highest BCUT2D eigenvalue weighted by molar-refractivity contribution is 4.82. The van der Waals surface area contributed by atoms with E-state index < -0.39 is 0 Å². The number of nitrogens with zero attached hydrogens (tertiary/aromatic N) is 1. The fourth-order valence-electron chi connectivity index (χ4n) is 1.27. The third-order valence-corrected chi connectivity index (χ3v) is 1.92. The summed E-state index contributed by atoms with van der Waals surface area (Å²) in [5.74, 6) is 0. The Labute approximate surface area is 54.6 Å². The Bertz CT molecular complexity index is 105. The van der Waals surface area contributed by atoms with Gasteiger partial charge in [-0.2, -0.15) is 4.91 Å². The first-order valence-corrected chi connectivity index (χ1v) is 3.42. The summed E-state index contributed by atoms with van der Waals surface area (Å²) >= 11 is 0. The monoisotopic (exact) mass is 128 g/mol. The van der Waals surface area contributed by atoms with E-state index in [2.05, 4.69) is 5.18 Å². The maximum atomic E-state index is 10.0. The second-order valence-corrected chi connectivity index (χ2v) is 2.62. The fourth-order valence-corrected chi connectivity index (χ4v) is 1.27. The van der Waals surface area contributed by atoms with E-state index in [0.717, 1.165) is 25.7 Å². The van der Waals surface area contributed by atoms with Crippen molar-refractivity contribution in [2.24, 2.45) is 10.9 Å². The van der Waals surface area contributed by atoms with Crippen molar-refractivity contribution in [2.75, 3.05) is 0 Å². The van der Waals surface area contributed by atoms with E-state index in [0.29, 0.717) is 0 Å². The van der Waals surface area contributed by atoms with Gasteiger partial charge in [-0.25, -0.2) is 0 Å². The smallest absolute Gasteiger partial charge is 0.107 e. The van der Waals surface area contributed by atoms with Crippen LogP contribution in [0.3, 0.4) is 0 Å². The molecule has 0 heterocycles. The molecule has 3 nitrogen and oxygen atoms in total. The molecule has 2 atom stereocenters. The molecular weight excluding hydrogens is 116 g/mol. The molecular formula is C6H12N2O. The van der Waals surface area contributed by atoms with Crippen LogP contribution < -0.4 is 5.73 Å². The van der Waals surface area contributed by atoms with Crippen molar-refractivity contribution in [3.63, 3.8) is 0 Å². The lowest BCUT2D eigenvalue weighted by atomic mass is 9.92. The average Bonchev–Trinajstić information content (AvgIpc) is 1.89. The lowest BCUT2D eigenvalue weighted by Gasteiger charge is -2.21. The Balaban J connectivity index is 2.38. The number of nitroso groups, excluding NO2 is 1. The lowest BCUT2D eigenvalue weighted by molar-refractivity contribution is 0.384. The van der Waals surface area contributed by atoms with Crippen molar-refractivity contribution in [2.45, 2.75) is 37.8 Å². The molecule has 0 aromatic carbocycles. The first-order valence-electron chi connectivity index (χ1n) is 3.42. The summed E-state index contributed by atoms with van der Waals surface area (Å²) < 4.78 is 0. The predicted octanol–water partition coefficient (Wildman–Crippen LogP) is 1.02. The van der Waals surface area contributed by atoms with Crippen LogP contribution in [0.15, 0.2) is 5.18 Å². The summed E-state index contributed by atoms with van der Waals surface area (Å²) in [4.78, 5) is 10.0. The predicted molar refractivity (Wildman–Crippen MR) is 36.0 cm³/mol. The van der Waals surface area contributed by atoms with Crippen LogP contribution >= 0.6 is 0 Å². The largest absolute Gasteiger partial charge is 0.326 e. The van der Waals surface area contributed by atoms with E-state index >= 15 is 0 Å². The minimum Gasteiger partial charge on any atom is -0.326 e. The quantitative estimate of drug-likeness (QED) is 0.536. The second kappa shape index (κ2) is 2.92. The molecule has 0 spiro atoms. The van der Waals surface area contributed by atoms with Gasteiger partial charge in [-0.1, -0.05) is 18.0 Å². The SMILES string of the molecule is NC1CCCCC1N=O. The van der Waals surface area contributed by atoms with Gasteiger partial charge in [0.05, 0.1) is 0 Å². The maximum Gasteiger partial charge on any atom is 0.107 e. The third-order valence-electron chi connectivity index (χ3n) is 1.92. The zero-order valence-corrected chi connectivity index (χ0v) is 5.42. The van der Waals surface area contributed by atoms with Gasteiger partial charge in [0.2, 0.25) is 0 Å².